The Balaban J connectivity index is 1.73. The Hall–Kier alpha value is -2.24. The predicted molar refractivity (Wildman–Crippen MR) is 140 cm³/mol. The number of nitrogens with zero attached hydrogens (tertiary/aromatic N) is 2. The van der Waals surface area contributed by atoms with Gasteiger partial charge in [-0.2, -0.15) is 0 Å². The number of imidazole rings is 1. The first kappa shape index (κ1) is 26.8. The Morgan fingerprint density at radius 2 is 2.19 bits per heavy atom. The molecule has 1 saturated heterocycles. The molecule has 11 heteroatoms. The van der Waals surface area contributed by atoms with Crippen LogP contribution < -0.4 is 10.8 Å². The standard InChI is InChI=1S/C25H29BrClFN4O4/c1-25(2,8-9-33)36-31-24(34)17-12-20-23(29-14-32(20)13-16-5-3-4-10-35-16)21(28)22(17)30-19-7-6-15(26)11-18(19)27/h6-7,11-12,14,16,30,33H,3-5,8-10,13H2,1-2H3,(H,31,34). The molecule has 1 aliphatic heterocycles. The van der Waals surface area contributed by atoms with Crippen molar-refractivity contribution in [1.82, 2.24) is 15.0 Å². The van der Waals surface area contributed by atoms with Gasteiger partial charge in [0.25, 0.3) is 5.91 Å². The molecule has 0 radical (unpaired) electrons. The number of benzene rings is 2. The van der Waals surface area contributed by atoms with E-state index in [1.165, 1.54) is 0 Å². The van der Waals surface area contributed by atoms with Gasteiger partial charge in [-0.3, -0.25) is 9.63 Å². The molecule has 8 nitrogen and oxygen atoms in total. The maximum Gasteiger partial charge on any atom is 0.277 e. The zero-order chi connectivity index (χ0) is 25.9. The second-order valence-corrected chi connectivity index (χ2v) is 10.7. The number of hydrogen-bond acceptors (Lipinski definition) is 6. The van der Waals surface area contributed by atoms with Crippen molar-refractivity contribution in [3.63, 3.8) is 0 Å². The number of anilines is 2. The van der Waals surface area contributed by atoms with Gasteiger partial charge in [0, 0.05) is 24.1 Å². The minimum atomic E-state index is -0.824. The van der Waals surface area contributed by atoms with Crippen LogP contribution in [0.2, 0.25) is 5.02 Å². The van der Waals surface area contributed by atoms with Crippen LogP contribution >= 0.6 is 27.5 Å². The van der Waals surface area contributed by atoms with E-state index in [2.05, 4.69) is 31.7 Å². The van der Waals surface area contributed by atoms with E-state index in [0.29, 0.717) is 35.8 Å². The number of carbonyl (C=O) groups is 1. The quantitative estimate of drug-likeness (QED) is 0.279. The number of aliphatic hydroxyl groups excluding tert-OH is 1. The summed E-state index contributed by atoms with van der Waals surface area (Å²) in [5.41, 5.74) is 2.54. The molecule has 3 aromatic rings. The van der Waals surface area contributed by atoms with Crippen LogP contribution in [0.25, 0.3) is 11.0 Å². The molecule has 194 valence electrons. The molecule has 1 aromatic heterocycles. The van der Waals surface area contributed by atoms with Crippen LogP contribution in [0.3, 0.4) is 0 Å². The zero-order valence-electron chi connectivity index (χ0n) is 20.1. The van der Waals surface area contributed by atoms with Crippen molar-refractivity contribution >= 4 is 55.8 Å². The second-order valence-electron chi connectivity index (χ2n) is 9.38. The molecule has 1 atom stereocenters. The molecule has 36 heavy (non-hydrogen) atoms. The molecule has 0 spiro atoms. The molecule has 0 saturated carbocycles. The Morgan fingerprint density at radius 3 is 2.89 bits per heavy atom. The van der Waals surface area contributed by atoms with Gasteiger partial charge < -0.3 is 19.7 Å². The summed E-state index contributed by atoms with van der Waals surface area (Å²) in [6.45, 7) is 4.55. The van der Waals surface area contributed by atoms with Gasteiger partial charge >= 0.3 is 0 Å². The number of amides is 1. The van der Waals surface area contributed by atoms with Crippen molar-refractivity contribution in [2.24, 2.45) is 0 Å². The van der Waals surface area contributed by atoms with Gasteiger partial charge in [-0.05, 0) is 57.4 Å². The van der Waals surface area contributed by atoms with Crippen LogP contribution in [-0.2, 0) is 16.1 Å². The summed E-state index contributed by atoms with van der Waals surface area (Å²) in [4.78, 5) is 23.1. The highest BCUT2D eigenvalue weighted by atomic mass is 79.9. The van der Waals surface area contributed by atoms with Crippen LogP contribution in [0.4, 0.5) is 15.8 Å². The van der Waals surface area contributed by atoms with Crippen LogP contribution in [0.1, 0.15) is 49.9 Å². The molecule has 4 rings (SSSR count). The smallest absolute Gasteiger partial charge is 0.277 e. The van der Waals surface area contributed by atoms with Crippen LogP contribution in [-0.4, -0.2) is 45.5 Å². The Morgan fingerprint density at radius 1 is 1.39 bits per heavy atom. The van der Waals surface area contributed by atoms with E-state index in [1.807, 2.05) is 0 Å². The van der Waals surface area contributed by atoms with E-state index in [4.69, 9.17) is 21.2 Å². The summed E-state index contributed by atoms with van der Waals surface area (Å²) < 4.78 is 24.3. The largest absolute Gasteiger partial charge is 0.396 e. The monoisotopic (exact) mass is 582 g/mol. The molecular weight excluding hydrogens is 555 g/mol. The molecule has 1 unspecified atom stereocenters. The lowest BCUT2D eigenvalue weighted by molar-refractivity contribution is -0.0805. The topological polar surface area (TPSA) is 97.6 Å². The SMILES string of the molecule is CC(C)(CCO)ONC(=O)c1cc2c(ncn2CC2CCCCO2)c(F)c1Nc1ccc(Br)cc1Cl. The van der Waals surface area contributed by atoms with Gasteiger partial charge in [-0.1, -0.05) is 27.5 Å². The number of aliphatic hydroxyl groups is 1. The summed E-state index contributed by atoms with van der Waals surface area (Å²) in [5, 5.41) is 12.6. The fourth-order valence-corrected chi connectivity index (χ4v) is 4.78. The maximum absolute atomic E-state index is 15.9. The van der Waals surface area contributed by atoms with E-state index in [9.17, 15) is 9.90 Å². The number of hydrogen-bond donors (Lipinski definition) is 3. The van der Waals surface area contributed by atoms with Gasteiger partial charge in [0.15, 0.2) is 5.82 Å². The van der Waals surface area contributed by atoms with E-state index in [-0.39, 0.29) is 29.5 Å². The molecule has 0 bridgehead atoms. The summed E-state index contributed by atoms with van der Waals surface area (Å²) in [6, 6.07) is 6.68. The Kier molecular flexibility index (Phi) is 8.52. The third-order valence-corrected chi connectivity index (χ3v) is 6.91. The summed E-state index contributed by atoms with van der Waals surface area (Å²) in [6.07, 6.45) is 4.87. The summed E-state index contributed by atoms with van der Waals surface area (Å²) in [7, 11) is 0. The van der Waals surface area contributed by atoms with Crippen LogP contribution in [0.5, 0.6) is 0 Å². The molecule has 1 aliphatic rings. The first-order valence-corrected chi connectivity index (χ1v) is 13.0. The molecule has 2 heterocycles. The minimum absolute atomic E-state index is 0.00141. The normalized spacial score (nSPS) is 16.3. The average Bonchev–Trinajstić information content (AvgIpc) is 3.24. The Bertz CT molecular complexity index is 1250. The van der Waals surface area contributed by atoms with Crippen LogP contribution in [0.15, 0.2) is 35.1 Å². The van der Waals surface area contributed by atoms with E-state index in [0.717, 1.165) is 23.7 Å². The van der Waals surface area contributed by atoms with Gasteiger partial charge in [0.05, 0.1) is 52.1 Å². The third-order valence-electron chi connectivity index (χ3n) is 6.10. The number of fused-ring (bicyclic) bond motifs is 1. The fraction of sp³-hybridized carbons (Fsp3) is 0.440. The maximum atomic E-state index is 15.9. The molecule has 1 amide bonds. The minimum Gasteiger partial charge on any atom is -0.396 e. The van der Waals surface area contributed by atoms with Gasteiger partial charge in [-0.25, -0.2) is 14.9 Å². The second kappa shape index (κ2) is 11.4. The number of rotatable bonds is 9. The van der Waals surface area contributed by atoms with Crippen molar-refractivity contribution in [2.75, 3.05) is 18.5 Å². The zero-order valence-corrected chi connectivity index (χ0v) is 22.5. The predicted octanol–water partition coefficient (Wildman–Crippen LogP) is 5.73. The molecule has 3 N–H and O–H groups in total. The number of halogens is 3. The number of ether oxygens (including phenoxy) is 1. The first-order valence-electron chi connectivity index (χ1n) is 11.8. The van der Waals surface area contributed by atoms with Crippen molar-refractivity contribution < 1.29 is 23.9 Å². The van der Waals surface area contributed by atoms with E-state index in [1.54, 1.807) is 49.0 Å². The third kappa shape index (κ3) is 6.18. The summed E-state index contributed by atoms with van der Waals surface area (Å²) in [5.74, 6) is -1.34. The molecule has 1 fully saturated rings. The van der Waals surface area contributed by atoms with Crippen molar-refractivity contribution in [1.29, 1.82) is 0 Å². The van der Waals surface area contributed by atoms with E-state index >= 15 is 4.39 Å². The Labute approximate surface area is 222 Å². The average molecular weight is 584 g/mol. The lowest BCUT2D eigenvalue weighted by Gasteiger charge is -2.24. The van der Waals surface area contributed by atoms with Gasteiger partial charge in [0.1, 0.15) is 5.52 Å². The highest BCUT2D eigenvalue weighted by Crippen LogP contribution is 2.35. The highest BCUT2D eigenvalue weighted by molar-refractivity contribution is 9.10. The van der Waals surface area contributed by atoms with Crippen molar-refractivity contribution in [3.05, 3.63) is 51.5 Å². The summed E-state index contributed by atoms with van der Waals surface area (Å²) >= 11 is 9.71. The van der Waals surface area contributed by atoms with Gasteiger partial charge in [-0.15, -0.1) is 0 Å². The first-order chi connectivity index (χ1) is 17.2. The number of aromatic nitrogens is 2. The number of carbonyl (C=O) groups excluding carboxylic acids is 1. The van der Waals surface area contributed by atoms with Crippen LogP contribution in [0, 0.1) is 5.82 Å². The van der Waals surface area contributed by atoms with Gasteiger partial charge in [0.2, 0.25) is 0 Å². The highest BCUT2D eigenvalue weighted by Gasteiger charge is 2.26. The molecule has 0 aliphatic carbocycles. The molecular formula is C25H29BrClFN4O4. The lowest BCUT2D eigenvalue weighted by Crippen LogP contribution is -2.36. The number of nitrogens with one attached hydrogen (secondary N) is 2. The van der Waals surface area contributed by atoms with Crippen molar-refractivity contribution in [3.8, 4) is 0 Å². The lowest BCUT2D eigenvalue weighted by atomic mass is 10.1. The fourth-order valence-electron chi connectivity index (χ4n) is 4.06. The number of hydroxylamine groups is 1. The van der Waals surface area contributed by atoms with Crippen molar-refractivity contribution in [2.45, 2.75) is 57.8 Å². The molecule has 2 aromatic carbocycles. The van der Waals surface area contributed by atoms with E-state index < -0.39 is 17.3 Å².